The summed E-state index contributed by atoms with van der Waals surface area (Å²) in [6, 6.07) is 10.2. The quantitative estimate of drug-likeness (QED) is 0.883. The second kappa shape index (κ2) is 6.37. The Morgan fingerprint density at radius 3 is 2.50 bits per heavy atom. The van der Waals surface area contributed by atoms with Gasteiger partial charge in [-0.25, -0.2) is 0 Å². The van der Waals surface area contributed by atoms with Crippen molar-refractivity contribution < 1.29 is 9.64 Å². The van der Waals surface area contributed by atoms with Gasteiger partial charge < -0.3 is 9.64 Å². The lowest BCUT2D eigenvalue weighted by molar-refractivity contribution is -0.909. The van der Waals surface area contributed by atoms with Gasteiger partial charge in [-0.3, -0.25) is 0 Å². The molecule has 3 heteroatoms. The first-order valence-corrected chi connectivity index (χ1v) is 6.91. The molecule has 0 aliphatic carbocycles. The highest BCUT2D eigenvalue weighted by Crippen LogP contribution is 2.08. The van der Waals surface area contributed by atoms with E-state index >= 15 is 0 Å². The van der Waals surface area contributed by atoms with Crippen LogP contribution < -0.4 is 4.90 Å². The van der Waals surface area contributed by atoms with Crippen molar-refractivity contribution in [3.63, 3.8) is 0 Å². The molecule has 0 aromatic heterocycles. The number of rotatable bonds is 3. The van der Waals surface area contributed by atoms with Crippen molar-refractivity contribution in [1.82, 2.24) is 0 Å². The van der Waals surface area contributed by atoms with Gasteiger partial charge >= 0.3 is 0 Å². The van der Waals surface area contributed by atoms with E-state index in [0.717, 1.165) is 30.2 Å². The predicted molar refractivity (Wildman–Crippen MR) is 75.8 cm³/mol. The predicted octanol–water partition coefficient (Wildman–Crippen LogP) is 1.96. The van der Waals surface area contributed by atoms with E-state index in [2.05, 4.69) is 32.1 Å². The Morgan fingerprint density at radius 2 is 1.89 bits per heavy atom. The zero-order chi connectivity index (χ0) is 13.0. The van der Waals surface area contributed by atoms with Gasteiger partial charge in [-0.15, -0.1) is 0 Å². The maximum atomic E-state index is 6.34. The molecule has 1 saturated heterocycles. The molecule has 1 fully saturated rings. The summed E-state index contributed by atoms with van der Waals surface area (Å²) in [5, 5.41) is 0.914. The Bertz CT molecular complexity index is 394. The highest BCUT2D eigenvalue weighted by molar-refractivity contribution is 6.31. The highest BCUT2D eigenvalue weighted by Gasteiger charge is 2.25. The number of hydrogen-bond donors (Lipinski definition) is 1. The van der Waals surface area contributed by atoms with Crippen LogP contribution >= 0.6 is 11.6 Å². The first-order chi connectivity index (χ1) is 8.63. The molecule has 0 radical (unpaired) electrons. The van der Waals surface area contributed by atoms with Crippen LogP contribution in [0.25, 0.3) is 6.08 Å². The molecule has 1 aromatic rings. The van der Waals surface area contributed by atoms with Gasteiger partial charge in [-0.2, -0.15) is 0 Å². The first kappa shape index (κ1) is 13.6. The van der Waals surface area contributed by atoms with Crippen LogP contribution in [0.3, 0.4) is 0 Å². The summed E-state index contributed by atoms with van der Waals surface area (Å²) >= 11 is 6.34. The number of nitrogens with one attached hydrogen (secondary N) is 1. The van der Waals surface area contributed by atoms with E-state index in [9.17, 15) is 0 Å². The van der Waals surface area contributed by atoms with E-state index < -0.39 is 0 Å². The second-order valence-electron chi connectivity index (χ2n) is 5.09. The van der Waals surface area contributed by atoms with E-state index in [0.29, 0.717) is 12.2 Å². The molecule has 1 heterocycles. The smallest absolute Gasteiger partial charge is 0.114 e. The van der Waals surface area contributed by atoms with Crippen molar-refractivity contribution in [2.45, 2.75) is 26.1 Å². The van der Waals surface area contributed by atoms with Crippen LogP contribution in [0.2, 0.25) is 0 Å². The van der Waals surface area contributed by atoms with E-state index in [1.165, 1.54) is 4.90 Å². The summed E-state index contributed by atoms with van der Waals surface area (Å²) < 4.78 is 5.73. The van der Waals surface area contributed by atoms with Gasteiger partial charge in [0.1, 0.15) is 31.8 Å². The monoisotopic (exact) mass is 266 g/mol. The molecule has 2 nitrogen and oxygen atoms in total. The topological polar surface area (TPSA) is 13.7 Å². The van der Waals surface area contributed by atoms with Gasteiger partial charge in [0.05, 0.1) is 5.03 Å². The average molecular weight is 267 g/mol. The fraction of sp³-hybridized carbons (Fsp3) is 0.467. The van der Waals surface area contributed by atoms with Crippen LogP contribution in [0.15, 0.2) is 35.4 Å². The maximum absolute atomic E-state index is 6.34. The molecule has 2 atom stereocenters. The van der Waals surface area contributed by atoms with Gasteiger partial charge in [0.2, 0.25) is 0 Å². The van der Waals surface area contributed by atoms with Crippen molar-refractivity contribution in [1.29, 1.82) is 0 Å². The summed E-state index contributed by atoms with van der Waals surface area (Å²) in [5.74, 6) is 0. The third kappa shape index (κ3) is 4.13. The molecule has 1 N–H and O–H groups in total. The van der Waals surface area contributed by atoms with Gasteiger partial charge in [0.15, 0.2) is 0 Å². The molecule has 0 amide bonds. The number of halogens is 1. The molecule has 18 heavy (non-hydrogen) atoms. The standard InChI is InChI=1S/C15H20ClNO/c1-12-9-17(10-13(2)18-12)11-15(16)8-14-6-4-3-5-7-14/h3-8,12-13H,9-11H2,1-2H3/p+1/t12-,13-/m0/s1. The number of hydrogen-bond acceptors (Lipinski definition) is 1. The van der Waals surface area contributed by atoms with Gasteiger partial charge in [-0.05, 0) is 25.5 Å². The van der Waals surface area contributed by atoms with Crippen molar-refractivity contribution in [2.75, 3.05) is 19.6 Å². The fourth-order valence-corrected chi connectivity index (χ4v) is 2.87. The molecule has 2 rings (SSSR count). The Hall–Kier alpha value is -0.830. The zero-order valence-electron chi connectivity index (χ0n) is 11.0. The Morgan fingerprint density at radius 1 is 1.28 bits per heavy atom. The minimum Gasteiger partial charge on any atom is -0.364 e. The van der Waals surface area contributed by atoms with Crippen LogP contribution in [0.1, 0.15) is 19.4 Å². The van der Waals surface area contributed by atoms with Crippen LogP contribution in [0.4, 0.5) is 0 Å². The van der Waals surface area contributed by atoms with Crippen LogP contribution in [0, 0.1) is 0 Å². The largest absolute Gasteiger partial charge is 0.364 e. The SMILES string of the molecule is C[C@H]1C[NH+](CC(Cl)=Cc2ccccc2)C[C@H](C)O1. The Balaban J connectivity index is 1.94. The van der Waals surface area contributed by atoms with E-state index in [1.807, 2.05) is 18.2 Å². The van der Waals surface area contributed by atoms with Gasteiger partial charge in [-0.1, -0.05) is 41.9 Å². The lowest BCUT2D eigenvalue weighted by Gasteiger charge is -2.32. The summed E-state index contributed by atoms with van der Waals surface area (Å²) in [7, 11) is 0. The molecule has 0 unspecified atom stereocenters. The minimum atomic E-state index is 0.324. The molecule has 1 aromatic carbocycles. The summed E-state index contributed by atoms with van der Waals surface area (Å²) in [5.41, 5.74) is 1.16. The number of ether oxygens (including phenoxy) is 1. The highest BCUT2D eigenvalue weighted by atomic mass is 35.5. The third-order valence-corrected chi connectivity index (χ3v) is 3.40. The molecule has 0 saturated carbocycles. The number of morpholine rings is 1. The number of quaternary nitrogens is 1. The van der Waals surface area contributed by atoms with Gasteiger partial charge in [0.25, 0.3) is 0 Å². The van der Waals surface area contributed by atoms with E-state index in [4.69, 9.17) is 16.3 Å². The Labute approximate surface area is 114 Å². The second-order valence-corrected chi connectivity index (χ2v) is 5.58. The summed E-state index contributed by atoms with van der Waals surface area (Å²) in [6.45, 7) is 7.20. The van der Waals surface area contributed by atoms with Crippen LogP contribution in [-0.2, 0) is 4.74 Å². The molecule has 0 spiro atoms. The third-order valence-electron chi connectivity index (χ3n) is 3.16. The Kier molecular flexibility index (Phi) is 4.81. The molecular weight excluding hydrogens is 246 g/mol. The molecule has 1 aliphatic rings. The first-order valence-electron chi connectivity index (χ1n) is 6.53. The van der Waals surface area contributed by atoms with Crippen molar-refractivity contribution in [3.05, 3.63) is 40.9 Å². The lowest BCUT2D eigenvalue weighted by atomic mass is 10.2. The normalized spacial score (nSPS) is 29.3. The number of benzene rings is 1. The fourth-order valence-electron chi connectivity index (χ4n) is 2.55. The molecule has 0 bridgehead atoms. The minimum absolute atomic E-state index is 0.324. The lowest BCUT2D eigenvalue weighted by Crippen LogP contribution is -3.15. The molecular formula is C15H21ClNO+. The van der Waals surface area contributed by atoms with Crippen molar-refractivity contribution >= 4 is 17.7 Å². The van der Waals surface area contributed by atoms with Crippen molar-refractivity contribution in [2.24, 2.45) is 0 Å². The average Bonchev–Trinajstić information content (AvgIpc) is 2.28. The van der Waals surface area contributed by atoms with E-state index in [1.54, 1.807) is 0 Å². The maximum Gasteiger partial charge on any atom is 0.114 e. The van der Waals surface area contributed by atoms with Crippen LogP contribution in [0.5, 0.6) is 0 Å². The summed E-state index contributed by atoms with van der Waals surface area (Å²) in [4.78, 5) is 1.50. The zero-order valence-corrected chi connectivity index (χ0v) is 11.8. The van der Waals surface area contributed by atoms with Crippen molar-refractivity contribution in [3.8, 4) is 0 Å². The van der Waals surface area contributed by atoms with E-state index in [-0.39, 0.29) is 0 Å². The van der Waals surface area contributed by atoms with Crippen LogP contribution in [-0.4, -0.2) is 31.8 Å². The van der Waals surface area contributed by atoms with Gasteiger partial charge in [0, 0.05) is 0 Å². The molecule has 98 valence electrons. The summed E-state index contributed by atoms with van der Waals surface area (Å²) in [6.07, 6.45) is 2.70. The molecule has 1 aliphatic heterocycles.